The Labute approximate surface area is 251 Å². The molecule has 2 amide bonds. The van der Waals surface area contributed by atoms with Gasteiger partial charge in [0.15, 0.2) is 11.5 Å². The number of aryl methyl sites for hydroxylation is 1. The summed E-state index contributed by atoms with van der Waals surface area (Å²) in [4.78, 5) is 39.2. The second-order valence-corrected chi connectivity index (χ2v) is 12.0. The lowest BCUT2D eigenvalue weighted by Gasteiger charge is -2.42. The number of carbonyl (C=O) groups excluding carboxylic acids is 2. The van der Waals surface area contributed by atoms with Crippen LogP contribution in [0.2, 0.25) is 0 Å². The largest absolute Gasteiger partial charge is 0.456 e. The molecule has 1 aromatic carbocycles. The Morgan fingerprint density at radius 3 is 2.58 bits per heavy atom. The van der Waals surface area contributed by atoms with Crippen molar-refractivity contribution < 1.29 is 14.3 Å². The van der Waals surface area contributed by atoms with Crippen LogP contribution in [0.3, 0.4) is 0 Å². The first-order valence-electron chi connectivity index (χ1n) is 14.9. The number of piperidine rings is 2. The fourth-order valence-electron chi connectivity index (χ4n) is 5.89. The third-order valence-corrected chi connectivity index (χ3v) is 8.58. The van der Waals surface area contributed by atoms with Crippen molar-refractivity contribution in [2.45, 2.75) is 45.6 Å². The summed E-state index contributed by atoms with van der Waals surface area (Å²) in [5.41, 5.74) is 1.81. The Morgan fingerprint density at radius 2 is 1.81 bits per heavy atom. The molecule has 0 saturated carbocycles. The van der Waals surface area contributed by atoms with E-state index in [4.69, 9.17) is 4.74 Å². The van der Waals surface area contributed by atoms with Crippen LogP contribution in [0.1, 0.15) is 48.5 Å². The highest BCUT2D eigenvalue weighted by Crippen LogP contribution is 2.36. The summed E-state index contributed by atoms with van der Waals surface area (Å²) in [5.74, 6) is 2.32. The number of aromatic amines is 1. The quantitative estimate of drug-likeness (QED) is 0.282. The lowest BCUT2D eigenvalue weighted by atomic mass is 9.78. The summed E-state index contributed by atoms with van der Waals surface area (Å²) in [7, 11) is 2.12. The molecule has 11 heteroatoms. The van der Waals surface area contributed by atoms with Gasteiger partial charge in [-0.3, -0.25) is 14.7 Å². The van der Waals surface area contributed by atoms with Gasteiger partial charge in [-0.1, -0.05) is 6.92 Å². The van der Waals surface area contributed by atoms with Gasteiger partial charge in [-0.25, -0.2) is 9.97 Å². The van der Waals surface area contributed by atoms with E-state index >= 15 is 0 Å². The summed E-state index contributed by atoms with van der Waals surface area (Å²) in [5, 5.41) is 14.6. The van der Waals surface area contributed by atoms with E-state index < -0.39 is 0 Å². The SMILES string of the molecule is Cc1ccnc(NC(=O)c2ccc(Oc3ccnc4[nH]nc(N[C@@H]5CCCN(C(=O)C6(C)CCN(C)CC6)C5)c34)cc2)c1. The number of nitrogens with one attached hydrogen (secondary N) is 3. The molecule has 4 aromatic rings. The molecule has 5 heterocycles. The number of nitrogens with zero attached hydrogens (tertiary/aromatic N) is 5. The predicted octanol–water partition coefficient (Wildman–Crippen LogP) is 4.84. The molecule has 0 aliphatic carbocycles. The van der Waals surface area contributed by atoms with Crippen molar-refractivity contribution in [3.63, 3.8) is 0 Å². The van der Waals surface area contributed by atoms with Gasteiger partial charge in [-0.15, -0.1) is 0 Å². The van der Waals surface area contributed by atoms with Crippen LogP contribution >= 0.6 is 0 Å². The van der Waals surface area contributed by atoms with Crippen LogP contribution in [0.15, 0.2) is 54.9 Å². The molecule has 2 aliphatic heterocycles. The first-order chi connectivity index (χ1) is 20.8. The molecular formula is C32H38N8O3. The Balaban J connectivity index is 1.14. The standard InChI is InChI=1S/C32H38N8O3/c1-21-10-14-33-26(19-21)36-30(41)22-6-8-24(9-7-22)43-25-11-15-34-28-27(25)29(38-37-28)35-23-5-4-16-40(20-23)31(42)32(2)12-17-39(3)18-13-32/h6-11,14-15,19,23H,4-5,12-13,16-18,20H2,1-3H3,(H,33,36,41)(H2,34,35,37,38)/t23-/m1/s1. The van der Waals surface area contributed by atoms with Crippen LogP contribution in [0.25, 0.3) is 11.0 Å². The van der Waals surface area contributed by atoms with Gasteiger partial charge >= 0.3 is 0 Å². The number of amides is 2. The molecule has 6 rings (SSSR count). The van der Waals surface area contributed by atoms with Gasteiger partial charge in [-0.05, 0) is 94.7 Å². The molecule has 0 bridgehead atoms. The average molecular weight is 583 g/mol. The maximum absolute atomic E-state index is 13.6. The van der Waals surface area contributed by atoms with E-state index in [1.165, 1.54) is 0 Å². The van der Waals surface area contributed by atoms with Crippen molar-refractivity contribution in [3.8, 4) is 11.5 Å². The zero-order valence-corrected chi connectivity index (χ0v) is 24.9. The molecular weight excluding hydrogens is 544 g/mol. The van der Waals surface area contributed by atoms with Crippen LogP contribution < -0.4 is 15.4 Å². The topological polar surface area (TPSA) is 128 Å². The number of anilines is 2. The van der Waals surface area contributed by atoms with Crippen LogP contribution in [-0.4, -0.2) is 81.0 Å². The number of likely N-dealkylation sites (tertiary alicyclic amines) is 2. The summed E-state index contributed by atoms with van der Waals surface area (Å²) in [6.07, 6.45) is 6.99. The summed E-state index contributed by atoms with van der Waals surface area (Å²) < 4.78 is 6.26. The molecule has 0 spiro atoms. The van der Waals surface area contributed by atoms with E-state index in [1.807, 2.05) is 24.0 Å². The molecule has 224 valence electrons. The van der Waals surface area contributed by atoms with Crippen molar-refractivity contribution in [1.82, 2.24) is 30.0 Å². The molecule has 0 radical (unpaired) electrons. The van der Waals surface area contributed by atoms with E-state index in [0.29, 0.717) is 40.9 Å². The Kier molecular flexibility index (Phi) is 7.98. The number of carbonyl (C=O) groups is 2. The molecule has 11 nitrogen and oxygen atoms in total. The van der Waals surface area contributed by atoms with Gasteiger partial charge in [0.2, 0.25) is 5.91 Å². The van der Waals surface area contributed by atoms with Crippen molar-refractivity contribution >= 4 is 34.5 Å². The summed E-state index contributed by atoms with van der Waals surface area (Å²) >= 11 is 0. The summed E-state index contributed by atoms with van der Waals surface area (Å²) in [6, 6.07) is 12.5. The van der Waals surface area contributed by atoms with Gasteiger partial charge in [-0.2, -0.15) is 5.10 Å². The van der Waals surface area contributed by atoms with E-state index in [-0.39, 0.29) is 23.3 Å². The van der Waals surface area contributed by atoms with E-state index in [0.717, 1.165) is 56.3 Å². The normalized spacial score (nSPS) is 18.8. The maximum Gasteiger partial charge on any atom is 0.256 e. The molecule has 43 heavy (non-hydrogen) atoms. The van der Waals surface area contributed by atoms with Crippen molar-refractivity contribution in [1.29, 1.82) is 0 Å². The Hall–Kier alpha value is -4.51. The maximum atomic E-state index is 13.6. The third-order valence-electron chi connectivity index (χ3n) is 8.58. The first kappa shape index (κ1) is 28.6. The number of hydrogen-bond acceptors (Lipinski definition) is 8. The number of hydrogen-bond donors (Lipinski definition) is 3. The molecule has 0 unspecified atom stereocenters. The number of rotatable bonds is 7. The van der Waals surface area contributed by atoms with Gasteiger partial charge in [0.25, 0.3) is 5.91 Å². The monoisotopic (exact) mass is 582 g/mol. The zero-order valence-electron chi connectivity index (χ0n) is 24.9. The average Bonchev–Trinajstić information content (AvgIpc) is 3.42. The second kappa shape index (κ2) is 12.0. The van der Waals surface area contributed by atoms with Gasteiger partial charge in [0, 0.05) is 48.6 Å². The van der Waals surface area contributed by atoms with Crippen LogP contribution in [0.4, 0.5) is 11.6 Å². The number of fused-ring (bicyclic) bond motifs is 1. The van der Waals surface area contributed by atoms with Crippen molar-refractivity contribution in [2.75, 3.05) is 43.9 Å². The molecule has 2 aliphatic rings. The molecule has 1 atom stereocenters. The minimum atomic E-state index is -0.300. The lowest BCUT2D eigenvalue weighted by Crippen LogP contribution is -2.52. The van der Waals surface area contributed by atoms with Crippen molar-refractivity contribution in [2.24, 2.45) is 5.41 Å². The van der Waals surface area contributed by atoms with Gasteiger partial charge < -0.3 is 25.2 Å². The third kappa shape index (κ3) is 6.31. The zero-order chi connectivity index (χ0) is 30.0. The number of ether oxygens (including phenoxy) is 1. The minimum Gasteiger partial charge on any atom is -0.456 e. The predicted molar refractivity (Wildman–Crippen MR) is 165 cm³/mol. The van der Waals surface area contributed by atoms with E-state index in [2.05, 4.69) is 49.7 Å². The number of pyridine rings is 2. The lowest BCUT2D eigenvalue weighted by molar-refractivity contribution is -0.145. The number of aromatic nitrogens is 4. The van der Waals surface area contributed by atoms with Gasteiger partial charge in [0.1, 0.15) is 22.7 Å². The fraction of sp³-hybridized carbons (Fsp3) is 0.406. The van der Waals surface area contributed by atoms with Crippen LogP contribution in [-0.2, 0) is 4.79 Å². The highest BCUT2D eigenvalue weighted by molar-refractivity contribution is 6.03. The summed E-state index contributed by atoms with van der Waals surface area (Å²) in [6.45, 7) is 7.39. The highest BCUT2D eigenvalue weighted by atomic mass is 16.5. The fourth-order valence-corrected chi connectivity index (χ4v) is 5.89. The van der Waals surface area contributed by atoms with Gasteiger partial charge in [0.05, 0.1) is 0 Å². The second-order valence-electron chi connectivity index (χ2n) is 12.0. The molecule has 3 aromatic heterocycles. The number of H-pyrrole nitrogens is 1. The highest BCUT2D eigenvalue weighted by Gasteiger charge is 2.40. The number of benzene rings is 1. The molecule has 2 saturated heterocycles. The van der Waals surface area contributed by atoms with Crippen LogP contribution in [0.5, 0.6) is 11.5 Å². The molecule has 3 N–H and O–H groups in total. The smallest absolute Gasteiger partial charge is 0.256 e. The van der Waals surface area contributed by atoms with Crippen molar-refractivity contribution in [3.05, 3.63) is 66.0 Å². The molecule has 2 fully saturated rings. The van der Waals surface area contributed by atoms with E-state index in [1.54, 1.807) is 42.7 Å². The first-order valence-corrected chi connectivity index (χ1v) is 14.9. The van der Waals surface area contributed by atoms with Crippen LogP contribution in [0, 0.1) is 12.3 Å². The minimum absolute atomic E-state index is 0.0628. The Bertz CT molecular complexity index is 1610. The van der Waals surface area contributed by atoms with E-state index in [9.17, 15) is 9.59 Å². The Morgan fingerprint density at radius 1 is 1.05 bits per heavy atom.